The molecule has 0 saturated carbocycles. The lowest BCUT2D eigenvalue weighted by Crippen LogP contribution is -2.40. The Morgan fingerprint density at radius 2 is 2.18 bits per heavy atom. The molecule has 2 aliphatic rings. The van der Waals surface area contributed by atoms with Crippen molar-refractivity contribution < 1.29 is 9.53 Å². The number of para-hydroxylation sites is 1. The Labute approximate surface area is 133 Å². The van der Waals surface area contributed by atoms with Crippen molar-refractivity contribution >= 4 is 5.91 Å². The Kier molecular flexibility index (Phi) is 4.67. The number of likely N-dealkylation sites (N-methyl/N-ethyl adjacent to an activating group) is 1. The van der Waals surface area contributed by atoms with E-state index in [2.05, 4.69) is 11.9 Å². The average Bonchev–Trinajstić information content (AvgIpc) is 2.97. The molecule has 0 radical (unpaired) electrons. The molecular weight excluding hydrogens is 276 g/mol. The lowest BCUT2D eigenvalue weighted by Gasteiger charge is -2.33. The summed E-state index contributed by atoms with van der Waals surface area (Å²) >= 11 is 0. The van der Waals surface area contributed by atoms with Crippen molar-refractivity contribution in [2.45, 2.75) is 37.6 Å². The molecule has 1 aromatic rings. The van der Waals surface area contributed by atoms with Gasteiger partial charge in [-0.3, -0.25) is 4.79 Å². The third kappa shape index (κ3) is 3.12. The van der Waals surface area contributed by atoms with Crippen LogP contribution in [0.5, 0.6) is 5.75 Å². The number of nitrogens with zero attached hydrogens (tertiary/aromatic N) is 2. The van der Waals surface area contributed by atoms with E-state index < -0.39 is 0 Å². The van der Waals surface area contributed by atoms with E-state index in [0.29, 0.717) is 12.6 Å². The van der Waals surface area contributed by atoms with Crippen LogP contribution in [0.3, 0.4) is 0 Å². The summed E-state index contributed by atoms with van der Waals surface area (Å²) in [6.07, 6.45) is 4.94. The van der Waals surface area contributed by atoms with E-state index in [1.165, 1.54) is 25.8 Å². The van der Waals surface area contributed by atoms with Gasteiger partial charge in [0.1, 0.15) is 18.3 Å². The number of hydrogen-bond donors (Lipinski definition) is 0. The van der Waals surface area contributed by atoms with Crippen LogP contribution in [0.1, 0.15) is 37.2 Å². The summed E-state index contributed by atoms with van der Waals surface area (Å²) in [5.41, 5.74) is 1.04. The van der Waals surface area contributed by atoms with Crippen molar-refractivity contribution in [3.8, 4) is 5.75 Å². The van der Waals surface area contributed by atoms with E-state index in [1.807, 2.05) is 36.2 Å². The van der Waals surface area contributed by atoms with Gasteiger partial charge in [-0.15, -0.1) is 0 Å². The molecule has 22 heavy (non-hydrogen) atoms. The molecule has 2 aliphatic heterocycles. The zero-order valence-corrected chi connectivity index (χ0v) is 13.6. The van der Waals surface area contributed by atoms with Crippen molar-refractivity contribution in [3.63, 3.8) is 0 Å². The predicted octanol–water partition coefficient (Wildman–Crippen LogP) is 2.50. The van der Waals surface area contributed by atoms with Crippen LogP contribution < -0.4 is 4.74 Å². The second-order valence-electron chi connectivity index (χ2n) is 6.58. The molecule has 0 aliphatic carbocycles. The fourth-order valence-electron chi connectivity index (χ4n) is 3.59. The van der Waals surface area contributed by atoms with Gasteiger partial charge < -0.3 is 14.5 Å². The van der Waals surface area contributed by atoms with Crippen LogP contribution in [0.25, 0.3) is 0 Å². The van der Waals surface area contributed by atoms with Gasteiger partial charge in [-0.25, -0.2) is 0 Å². The van der Waals surface area contributed by atoms with Gasteiger partial charge in [0.05, 0.1) is 0 Å². The van der Waals surface area contributed by atoms with Crippen LogP contribution in [0.15, 0.2) is 24.3 Å². The molecule has 2 unspecified atom stereocenters. The molecule has 0 N–H and O–H groups in total. The van der Waals surface area contributed by atoms with E-state index in [0.717, 1.165) is 24.3 Å². The second-order valence-corrected chi connectivity index (χ2v) is 6.58. The zero-order valence-electron chi connectivity index (χ0n) is 13.6. The Balaban J connectivity index is 1.56. The third-order valence-electron chi connectivity index (χ3n) is 5.09. The highest BCUT2D eigenvalue weighted by Crippen LogP contribution is 2.34. The Morgan fingerprint density at radius 1 is 1.36 bits per heavy atom. The molecule has 0 aromatic heterocycles. The van der Waals surface area contributed by atoms with Gasteiger partial charge in [0.25, 0.3) is 0 Å². The minimum atomic E-state index is -0.134. The molecule has 1 aromatic carbocycles. The van der Waals surface area contributed by atoms with E-state index >= 15 is 0 Å². The van der Waals surface area contributed by atoms with Gasteiger partial charge >= 0.3 is 0 Å². The number of carbonyl (C=O) groups excluding carboxylic acids is 1. The number of hydrogen-bond acceptors (Lipinski definition) is 3. The Hall–Kier alpha value is -1.55. The number of piperidine rings is 1. The van der Waals surface area contributed by atoms with Crippen molar-refractivity contribution in [2.24, 2.45) is 0 Å². The molecule has 1 saturated heterocycles. The van der Waals surface area contributed by atoms with Crippen LogP contribution in [0.2, 0.25) is 0 Å². The molecular formula is C18H26N2O2. The summed E-state index contributed by atoms with van der Waals surface area (Å²) in [5, 5.41) is 0. The topological polar surface area (TPSA) is 32.8 Å². The first-order valence-corrected chi connectivity index (χ1v) is 8.34. The SMILES string of the molecule is CN(CCC1CCCCN1C)C(=O)C1COc2ccccc21. The molecule has 120 valence electrons. The first kappa shape index (κ1) is 15.3. The summed E-state index contributed by atoms with van der Waals surface area (Å²) in [6.45, 7) is 2.49. The average molecular weight is 302 g/mol. The van der Waals surface area contributed by atoms with Gasteiger partial charge in [0.15, 0.2) is 0 Å². The standard InChI is InChI=1S/C18H26N2O2/c1-19-11-6-5-7-14(19)10-12-20(2)18(21)16-13-22-17-9-4-3-8-15(16)17/h3-4,8-9,14,16H,5-7,10-13H2,1-2H3. The number of ether oxygens (including phenoxy) is 1. The molecule has 4 nitrogen and oxygen atoms in total. The van der Waals surface area contributed by atoms with Crippen LogP contribution in [-0.4, -0.2) is 55.5 Å². The van der Waals surface area contributed by atoms with Crippen LogP contribution in [0, 0.1) is 0 Å². The van der Waals surface area contributed by atoms with Crippen LogP contribution in [0.4, 0.5) is 0 Å². The lowest BCUT2D eigenvalue weighted by atomic mass is 9.98. The minimum absolute atomic E-state index is 0.134. The monoisotopic (exact) mass is 302 g/mol. The predicted molar refractivity (Wildman–Crippen MR) is 87.2 cm³/mol. The molecule has 2 heterocycles. The summed E-state index contributed by atoms with van der Waals surface area (Å²) in [4.78, 5) is 17.0. The maximum absolute atomic E-state index is 12.7. The van der Waals surface area contributed by atoms with Gasteiger partial charge in [-0.1, -0.05) is 24.6 Å². The highest BCUT2D eigenvalue weighted by atomic mass is 16.5. The van der Waals surface area contributed by atoms with Crippen molar-refractivity contribution in [3.05, 3.63) is 29.8 Å². The van der Waals surface area contributed by atoms with Gasteiger partial charge in [0, 0.05) is 25.2 Å². The fraction of sp³-hybridized carbons (Fsp3) is 0.611. The van der Waals surface area contributed by atoms with E-state index in [1.54, 1.807) is 0 Å². The Morgan fingerprint density at radius 3 is 3.00 bits per heavy atom. The number of carbonyl (C=O) groups is 1. The largest absolute Gasteiger partial charge is 0.492 e. The molecule has 2 atom stereocenters. The first-order valence-electron chi connectivity index (χ1n) is 8.34. The highest BCUT2D eigenvalue weighted by molar-refractivity contribution is 5.85. The molecule has 1 fully saturated rings. The molecule has 0 spiro atoms. The number of amides is 1. The number of benzene rings is 1. The molecule has 3 rings (SSSR count). The van der Waals surface area contributed by atoms with E-state index in [9.17, 15) is 4.79 Å². The summed E-state index contributed by atoms with van der Waals surface area (Å²) in [6, 6.07) is 8.50. The summed E-state index contributed by atoms with van der Waals surface area (Å²) in [7, 11) is 4.12. The minimum Gasteiger partial charge on any atom is -0.492 e. The van der Waals surface area contributed by atoms with Crippen molar-refractivity contribution in [1.82, 2.24) is 9.80 Å². The number of likely N-dealkylation sites (tertiary alicyclic amines) is 1. The maximum Gasteiger partial charge on any atom is 0.233 e. The smallest absolute Gasteiger partial charge is 0.233 e. The molecule has 4 heteroatoms. The highest BCUT2D eigenvalue weighted by Gasteiger charge is 2.32. The quantitative estimate of drug-likeness (QED) is 0.856. The van der Waals surface area contributed by atoms with Crippen LogP contribution >= 0.6 is 0 Å². The summed E-state index contributed by atoms with van der Waals surface area (Å²) in [5.74, 6) is 0.912. The van der Waals surface area contributed by atoms with E-state index in [4.69, 9.17) is 4.74 Å². The van der Waals surface area contributed by atoms with Gasteiger partial charge in [0.2, 0.25) is 5.91 Å². The zero-order chi connectivity index (χ0) is 15.5. The lowest BCUT2D eigenvalue weighted by molar-refractivity contribution is -0.131. The van der Waals surface area contributed by atoms with Crippen LogP contribution in [-0.2, 0) is 4.79 Å². The van der Waals surface area contributed by atoms with Crippen molar-refractivity contribution in [2.75, 3.05) is 33.8 Å². The number of fused-ring (bicyclic) bond motifs is 1. The molecule has 0 bridgehead atoms. The van der Waals surface area contributed by atoms with Gasteiger partial charge in [-0.05, 0) is 38.9 Å². The number of rotatable bonds is 4. The normalized spacial score (nSPS) is 24.6. The van der Waals surface area contributed by atoms with Crippen molar-refractivity contribution in [1.29, 1.82) is 0 Å². The summed E-state index contributed by atoms with van der Waals surface area (Å²) < 4.78 is 5.64. The third-order valence-corrected chi connectivity index (χ3v) is 5.09. The fourth-order valence-corrected chi connectivity index (χ4v) is 3.59. The van der Waals surface area contributed by atoms with Gasteiger partial charge in [-0.2, -0.15) is 0 Å². The second kappa shape index (κ2) is 6.69. The van der Waals surface area contributed by atoms with E-state index in [-0.39, 0.29) is 11.8 Å². The maximum atomic E-state index is 12.7. The Bertz CT molecular complexity index is 532. The molecule has 1 amide bonds. The first-order chi connectivity index (χ1) is 10.7.